The fourth-order valence-electron chi connectivity index (χ4n) is 5.46. The molecule has 1 aromatic carbocycles. The van der Waals surface area contributed by atoms with Crippen molar-refractivity contribution < 1.29 is 27.3 Å². The van der Waals surface area contributed by atoms with Crippen molar-refractivity contribution in [2.24, 2.45) is 0 Å². The number of nitrogens with zero attached hydrogens (tertiary/aromatic N) is 6. The van der Waals surface area contributed by atoms with Crippen LogP contribution >= 0.6 is 11.3 Å². The van der Waals surface area contributed by atoms with Gasteiger partial charge in [-0.25, -0.2) is 4.98 Å². The van der Waals surface area contributed by atoms with Crippen LogP contribution < -0.4 is 4.90 Å². The minimum Gasteiger partial charge on any atom is -0.615 e. The van der Waals surface area contributed by atoms with Crippen molar-refractivity contribution in [3.05, 3.63) is 63.9 Å². The zero-order chi connectivity index (χ0) is 29.5. The number of anilines is 1. The van der Waals surface area contributed by atoms with Gasteiger partial charge in [-0.2, -0.15) is 18.3 Å². The summed E-state index contributed by atoms with van der Waals surface area (Å²) in [7, 11) is 1.79. The second-order valence-electron chi connectivity index (χ2n) is 10.4. The lowest BCUT2D eigenvalue weighted by Crippen LogP contribution is -2.58. The average Bonchev–Trinajstić information content (AvgIpc) is 3.59. The molecule has 3 atom stereocenters. The molecule has 2 aromatic heterocycles. The van der Waals surface area contributed by atoms with Crippen LogP contribution in [0, 0.1) is 6.92 Å². The molecule has 3 unspecified atom stereocenters. The topological polar surface area (TPSA) is 97.6 Å². The quantitative estimate of drug-likeness (QED) is 0.395. The highest BCUT2D eigenvalue weighted by Crippen LogP contribution is 2.35. The van der Waals surface area contributed by atoms with Gasteiger partial charge >= 0.3 is 6.18 Å². The van der Waals surface area contributed by atoms with E-state index in [-0.39, 0.29) is 37.3 Å². The van der Waals surface area contributed by atoms with Crippen LogP contribution in [-0.2, 0) is 35.1 Å². The van der Waals surface area contributed by atoms with Crippen LogP contribution in [0.1, 0.15) is 51.9 Å². The molecule has 0 radical (unpaired) electrons. The summed E-state index contributed by atoms with van der Waals surface area (Å²) in [4.78, 5) is 36.1. The number of alkyl halides is 3. The first-order valence-electron chi connectivity index (χ1n) is 13.2. The molecule has 41 heavy (non-hydrogen) atoms. The Balaban J connectivity index is 1.27. The van der Waals surface area contributed by atoms with Crippen molar-refractivity contribution in [2.45, 2.75) is 50.3 Å². The number of benzene rings is 1. The minimum atomic E-state index is -4.60. The van der Waals surface area contributed by atoms with Crippen LogP contribution in [0.4, 0.5) is 18.3 Å². The Morgan fingerprint density at radius 1 is 1.24 bits per heavy atom. The van der Waals surface area contributed by atoms with Crippen LogP contribution in [0.2, 0.25) is 0 Å². The summed E-state index contributed by atoms with van der Waals surface area (Å²) in [5.74, 6) is -0.602. The lowest BCUT2D eigenvalue weighted by Gasteiger charge is -2.40. The van der Waals surface area contributed by atoms with E-state index in [9.17, 15) is 27.3 Å². The number of aromatic nitrogens is 3. The van der Waals surface area contributed by atoms with Gasteiger partial charge in [0.1, 0.15) is 12.2 Å². The van der Waals surface area contributed by atoms with Gasteiger partial charge in [-0.15, -0.1) is 11.3 Å². The van der Waals surface area contributed by atoms with E-state index in [2.05, 4.69) is 22.2 Å². The summed E-state index contributed by atoms with van der Waals surface area (Å²) < 4.78 is 52.9. The van der Waals surface area contributed by atoms with E-state index >= 15 is 0 Å². The van der Waals surface area contributed by atoms with E-state index in [1.54, 1.807) is 17.3 Å². The number of thiazole rings is 1. The number of fused-ring (bicyclic) bond motifs is 1. The van der Waals surface area contributed by atoms with Gasteiger partial charge in [0.15, 0.2) is 10.8 Å². The SMILES string of the molecule is Cc1cc(C(F)(F)F)nn1CC(=O)N1CCN(c2nc(C(=O)N(C)C3CCCc4ccccc43)cs2)C([S+](C)[O-])C1. The number of hydrogen-bond acceptors (Lipinski definition) is 7. The fraction of sp³-hybridized carbons (Fsp3) is 0.481. The molecule has 1 aliphatic carbocycles. The predicted octanol–water partition coefficient (Wildman–Crippen LogP) is 3.87. The van der Waals surface area contributed by atoms with E-state index in [1.807, 2.05) is 17.0 Å². The van der Waals surface area contributed by atoms with Crippen molar-refractivity contribution >= 4 is 39.5 Å². The molecule has 0 N–H and O–H groups in total. The molecule has 1 saturated heterocycles. The summed E-state index contributed by atoms with van der Waals surface area (Å²) >= 11 is -0.102. The van der Waals surface area contributed by atoms with Crippen molar-refractivity contribution in [1.29, 1.82) is 0 Å². The molecule has 14 heteroatoms. The van der Waals surface area contributed by atoms with Crippen LogP contribution in [0.15, 0.2) is 35.7 Å². The van der Waals surface area contributed by atoms with Gasteiger partial charge in [-0.3, -0.25) is 19.2 Å². The number of amides is 2. The van der Waals surface area contributed by atoms with Crippen molar-refractivity contribution in [1.82, 2.24) is 24.6 Å². The molecule has 5 rings (SSSR count). The number of carbonyl (C=O) groups excluding carboxylic acids is 2. The molecule has 2 aliphatic rings. The van der Waals surface area contributed by atoms with Gasteiger partial charge in [0, 0.05) is 31.2 Å². The predicted molar refractivity (Wildman–Crippen MR) is 150 cm³/mol. The number of halogens is 3. The number of carbonyl (C=O) groups is 2. The summed E-state index contributed by atoms with van der Waals surface area (Å²) in [6.45, 7) is 1.80. The van der Waals surface area contributed by atoms with Crippen LogP contribution in [0.3, 0.4) is 0 Å². The smallest absolute Gasteiger partial charge is 0.435 e. The van der Waals surface area contributed by atoms with E-state index in [1.165, 1.54) is 35.0 Å². The molecule has 2 amide bonds. The number of aryl methyl sites for hydroxylation is 2. The normalized spacial score (nSPS) is 20.1. The average molecular weight is 609 g/mol. The standard InChI is InChI=1S/C27H31F3N6O3S2/c1-17-13-22(27(28,29)30)32-36(17)14-23(37)34-11-12-35(24(15-34)41(3)39)26-31-20(16-40-26)25(38)33(2)21-10-6-8-18-7-4-5-9-19(18)21/h4-5,7,9,13,16,21,24H,6,8,10-12,14-15H2,1-3H3. The number of rotatable bonds is 6. The monoisotopic (exact) mass is 608 g/mol. The fourth-order valence-corrected chi connectivity index (χ4v) is 7.36. The Morgan fingerprint density at radius 2 is 2.00 bits per heavy atom. The highest BCUT2D eigenvalue weighted by Gasteiger charge is 2.39. The second kappa shape index (κ2) is 11.6. The summed E-state index contributed by atoms with van der Waals surface area (Å²) in [6.07, 6.45) is -0.197. The molecule has 0 spiro atoms. The van der Waals surface area contributed by atoms with Crippen LogP contribution in [0.25, 0.3) is 0 Å². The third-order valence-corrected chi connectivity index (χ3v) is 9.76. The van der Waals surface area contributed by atoms with Gasteiger partial charge in [0.25, 0.3) is 5.91 Å². The maximum absolute atomic E-state index is 13.4. The maximum atomic E-state index is 13.4. The molecular formula is C27H31F3N6O3S2. The first-order valence-corrected chi connectivity index (χ1v) is 15.7. The first-order chi connectivity index (χ1) is 19.4. The zero-order valence-electron chi connectivity index (χ0n) is 22.9. The maximum Gasteiger partial charge on any atom is 0.435 e. The summed E-state index contributed by atoms with van der Waals surface area (Å²) in [5.41, 5.74) is 1.90. The largest absolute Gasteiger partial charge is 0.615 e. The van der Waals surface area contributed by atoms with Crippen molar-refractivity contribution in [2.75, 3.05) is 37.8 Å². The molecule has 3 aromatic rings. The Morgan fingerprint density at radius 3 is 2.71 bits per heavy atom. The molecule has 220 valence electrons. The summed E-state index contributed by atoms with van der Waals surface area (Å²) in [5, 5.41) is 5.19. The van der Waals surface area contributed by atoms with Gasteiger partial charge in [-0.05, 0) is 54.6 Å². The lowest BCUT2D eigenvalue weighted by atomic mass is 9.87. The minimum absolute atomic E-state index is 0.0336. The second-order valence-corrected chi connectivity index (χ2v) is 12.7. The molecule has 1 aliphatic heterocycles. The van der Waals surface area contributed by atoms with E-state index in [0.29, 0.717) is 17.4 Å². The van der Waals surface area contributed by atoms with Crippen molar-refractivity contribution in [3.8, 4) is 0 Å². The Labute approximate surface area is 243 Å². The Kier molecular flexibility index (Phi) is 8.35. The van der Waals surface area contributed by atoms with E-state index < -0.39 is 34.3 Å². The van der Waals surface area contributed by atoms with Crippen LogP contribution in [-0.4, -0.2) is 79.2 Å². The zero-order valence-corrected chi connectivity index (χ0v) is 24.6. The molecular weight excluding hydrogens is 577 g/mol. The molecule has 0 saturated carbocycles. The molecule has 1 fully saturated rings. The highest BCUT2D eigenvalue weighted by atomic mass is 32.2. The van der Waals surface area contributed by atoms with Gasteiger partial charge in [-0.1, -0.05) is 24.3 Å². The Bertz CT molecular complexity index is 1430. The van der Waals surface area contributed by atoms with Gasteiger partial charge in [0.05, 0.1) is 18.8 Å². The van der Waals surface area contributed by atoms with Gasteiger partial charge in [0.2, 0.25) is 11.3 Å². The first kappa shape index (κ1) is 29.4. The highest BCUT2D eigenvalue weighted by molar-refractivity contribution is 7.91. The third kappa shape index (κ3) is 6.09. The van der Waals surface area contributed by atoms with E-state index in [0.717, 1.165) is 35.6 Å². The molecule has 0 bridgehead atoms. The third-order valence-electron chi connectivity index (χ3n) is 7.71. The number of hydrogen-bond donors (Lipinski definition) is 0. The van der Waals surface area contributed by atoms with E-state index in [4.69, 9.17) is 0 Å². The molecule has 9 nitrogen and oxygen atoms in total. The van der Waals surface area contributed by atoms with Gasteiger partial charge < -0.3 is 14.4 Å². The lowest BCUT2D eigenvalue weighted by molar-refractivity contribution is -0.142. The summed E-state index contributed by atoms with van der Waals surface area (Å²) in [6, 6.07) is 9.04. The molecule has 3 heterocycles. The Hall–Kier alpha value is -3.10. The van der Waals surface area contributed by atoms with Crippen molar-refractivity contribution in [3.63, 3.8) is 0 Å². The van der Waals surface area contributed by atoms with Crippen LogP contribution in [0.5, 0.6) is 0 Å². The number of piperazine rings is 1.